The van der Waals surface area contributed by atoms with Crippen molar-refractivity contribution in [3.63, 3.8) is 0 Å². The van der Waals surface area contributed by atoms with E-state index in [2.05, 4.69) is 24.5 Å². The highest BCUT2D eigenvalue weighted by atomic mass is 32.1. The first-order valence-electron chi connectivity index (χ1n) is 6.43. The van der Waals surface area contributed by atoms with Gasteiger partial charge in [0.25, 0.3) is 0 Å². The molecule has 3 N–H and O–H groups in total. The first kappa shape index (κ1) is 14.2. The fourth-order valence-electron chi connectivity index (χ4n) is 2.08. The van der Waals surface area contributed by atoms with Gasteiger partial charge in [-0.1, -0.05) is 19.1 Å². The third-order valence-electron chi connectivity index (χ3n) is 3.26. The molecule has 2 nitrogen and oxygen atoms in total. The van der Waals surface area contributed by atoms with E-state index in [1.165, 1.54) is 15.8 Å². The molecule has 2 aromatic rings. The quantitative estimate of drug-likeness (QED) is 0.649. The first-order valence-corrected chi connectivity index (χ1v) is 7.25. The van der Waals surface area contributed by atoms with E-state index in [1.807, 2.05) is 17.4 Å². The average molecular weight is 278 g/mol. The third-order valence-corrected chi connectivity index (χ3v) is 4.51. The Labute approximate surface area is 117 Å². The molecule has 0 radical (unpaired) electrons. The highest BCUT2D eigenvalue weighted by molar-refractivity contribution is 7.11. The number of nitrogens with one attached hydrogen (secondary N) is 1. The van der Waals surface area contributed by atoms with Gasteiger partial charge in [0, 0.05) is 16.2 Å². The van der Waals surface area contributed by atoms with Gasteiger partial charge in [-0.3, -0.25) is 11.3 Å². The summed E-state index contributed by atoms with van der Waals surface area (Å²) in [5, 5.41) is 0. The maximum atomic E-state index is 13.3. The fourth-order valence-corrected chi connectivity index (χ4v) is 3.08. The van der Waals surface area contributed by atoms with Crippen LogP contribution in [0.4, 0.5) is 4.39 Å². The summed E-state index contributed by atoms with van der Waals surface area (Å²) in [5.74, 6) is 5.46. The van der Waals surface area contributed by atoms with Crippen LogP contribution < -0.4 is 11.3 Å². The molecule has 0 aliphatic rings. The van der Waals surface area contributed by atoms with Crippen molar-refractivity contribution in [1.29, 1.82) is 0 Å². The molecule has 0 amide bonds. The summed E-state index contributed by atoms with van der Waals surface area (Å²) in [7, 11) is 0. The number of hydrazine groups is 1. The molecule has 0 bridgehead atoms. The van der Waals surface area contributed by atoms with Crippen LogP contribution >= 0.6 is 11.3 Å². The zero-order chi connectivity index (χ0) is 13.8. The summed E-state index contributed by atoms with van der Waals surface area (Å²) in [6, 6.07) is 9.46. The standard InChI is InChI=1S/C15H19FN2S/c1-3-12-5-6-13(19-12)9-15(18-17)11-4-7-14(16)10(2)8-11/h4-8,15,18H,3,9,17H2,1-2H3. The number of hydrogen-bond acceptors (Lipinski definition) is 3. The third kappa shape index (κ3) is 3.41. The predicted molar refractivity (Wildman–Crippen MR) is 78.6 cm³/mol. The van der Waals surface area contributed by atoms with Gasteiger partial charge in [-0.05, 0) is 42.7 Å². The lowest BCUT2D eigenvalue weighted by Crippen LogP contribution is -2.29. The van der Waals surface area contributed by atoms with Crippen LogP contribution in [0, 0.1) is 12.7 Å². The van der Waals surface area contributed by atoms with Gasteiger partial charge in [-0.15, -0.1) is 11.3 Å². The van der Waals surface area contributed by atoms with Crippen LogP contribution in [0.2, 0.25) is 0 Å². The molecule has 0 saturated heterocycles. The highest BCUT2D eigenvalue weighted by Crippen LogP contribution is 2.24. The minimum Gasteiger partial charge on any atom is -0.271 e. The Bertz CT molecular complexity index is 551. The van der Waals surface area contributed by atoms with Crippen molar-refractivity contribution in [3.8, 4) is 0 Å². The van der Waals surface area contributed by atoms with Gasteiger partial charge >= 0.3 is 0 Å². The van der Waals surface area contributed by atoms with Crippen molar-refractivity contribution in [2.75, 3.05) is 0 Å². The number of aryl methyl sites for hydroxylation is 2. The van der Waals surface area contributed by atoms with E-state index in [9.17, 15) is 4.39 Å². The van der Waals surface area contributed by atoms with Gasteiger partial charge < -0.3 is 0 Å². The molecule has 1 aromatic carbocycles. The second kappa shape index (κ2) is 6.28. The summed E-state index contributed by atoms with van der Waals surface area (Å²) >= 11 is 1.81. The highest BCUT2D eigenvalue weighted by Gasteiger charge is 2.13. The molecule has 0 saturated carbocycles. The molecule has 1 aromatic heterocycles. The number of nitrogens with two attached hydrogens (primary N) is 1. The molecule has 102 valence electrons. The summed E-state index contributed by atoms with van der Waals surface area (Å²) < 4.78 is 13.3. The lowest BCUT2D eigenvalue weighted by atomic mass is 10.0. The second-order valence-corrected chi connectivity index (χ2v) is 5.91. The number of thiophene rings is 1. The topological polar surface area (TPSA) is 38.0 Å². The molecule has 4 heteroatoms. The van der Waals surface area contributed by atoms with Gasteiger partial charge in [-0.2, -0.15) is 0 Å². The van der Waals surface area contributed by atoms with Gasteiger partial charge in [0.1, 0.15) is 5.82 Å². The van der Waals surface area contributed by atoms with Crippen molar-refractivity contribution < 1.29 is 4.39 Å². The lowest BCUT2D eigenvalue weighted by molar-refractivity contribution is 0.551. The van der Waals surface area contributed by atoms with Crippen molar-refractivity contribution in [2.24, 2.45) is 5.84 Å². The van der Waals surface area contributed by atoms with Crippen LogP contribution in [0.15, 0.2) is 30.3 Å². The molecule has 1 unspecified atom stereocenters. The zero-order valence-corrected chi connectivity index (χ0v) is 12.1. The Morgan fingerprint density at radius 3 is 2.58 bits per heavy atom. The lowest BCUT2D eigenvalue weighted by Gasteiger charge is -2.16. The van der Waals surface area contributed by atoms with Crippen molar-refractivity contribution >= 4 is 11.3 Å². The molecule has 0 spiro atoms. The summed E-state index contributed by atoms with van der Waals surface area (Å²) in [6.07, 6.45) is 1.88. The van der Waals surface area contributed by atoms with E-state index < -0.39 is 0 Å². The van der Waals surface area contributed by atoms with Gasteiger partial charge in [-0.25, -0.2) is 4.39 Å². The molecule has 0 aliphatic carbocycles. The Kier molecular flexibility index (Phi) is 4.69. The Morgan fingerprint density at radius 1 is 1.26 bits per heavy atom. The van der Waals surface area contributed by atoms with E-state index in [1.54, 1.807) is 13.0 Å². The minimum absolute atomic E-state index is 0.0163. The first-order chi connectivity index (χ1) is 9.13. The molecule has 0 aliphatic heterocycles. The zero-order valence-electron chi connectivity index (χ0n) is 11.2. The Hall–Kier alpha value is -1.23. The fraction of sp³-hybridized carbons (Fsp3) is 0.333. The molecule has 2 rings (SSSR count). The van der Waals surface area contributed by atoms with Crippen LogP contribution in [-0.2, 0) is 12.8 Å². The summed E-state index contributed by atoms with van der Waals surface area (Å²) in [4.78, 5) is 2.67. The smallest absolute Gasteiger partial charge is 0.126 e. The summed E-state index contributed by atoms with van der Waals surface area (Å²) in [5.41, 5.74) is 4.50. The maximum absolute atomic E-state index is 13.3. The predicted octanol–water partition coefficient (Wildman–Crippen LogP) is 3.51. The van der Waals surface area contributed by atoms with Crippen molar-refractivity contribution in [2.45, 2.75) is 32.7 Å². The average Bonchev–Trinajstić information content (AvgIpc) is 2.87. The van der Waals surface area contributed by atoms with E-state index in [0.717, 1.165) is 18.4 Å². The van der Waals surface area contributed by atoms with Gasteiger partial charge in [0.05, 0.1) is 6.04 Å². The molecular formula is C15H19FN2S. The van der Waals surface area contributed by atoms with E-state index in [-0.39, 0.29) is 11.9 Å². The number of hydrogen-bond donors (Lipinski definition) is 2. The number of benzene rings is 1. The maximum Gasteiger partial charge on any atom is 0.126 e. The summed E-state index contributed by atoms with van der Waals surface area (Å²) in [6.45, 7) is 3.92. The molecular weight excluding hydrogens is 259 g/mol. The largest absolute Gasteiger partial charge is 0.271 e. The van der Waals surface area contributed by atoms with E-state index >= 15 is 0 Å². The van der Waals surface area contributed by atoms with E-state index in [4.69, 9.17) is 5.84 Å². The molecule has 1 heterocycles. The van der Waals surface area contributed by atoms with Crippen LogP contribution in [0.25, 0.3) is 0 Å². The van der Waals surface area contributed by atoms with Gasteiger partial charge in [0.15, 0.2) is 0 Å². The van der Waals surface area contributed by atoms with Crippen LogP contribution in [-0.4, -0.2) is 0 Å². The SMILES string of the molecule is CCc1ccc(CC(NN)c2ccc(F)c(C)c2)s1. The molecule has 0 fully saturated rings. The van der Waals surface area contributed by atoms with Crippen LogP contribution in [0.1, 0.15) is 33.8 Å². The van der Waals surface area contributed by atoms with Crippen molar-refractivity contribution in [1.82, 2.24) is 5.43 Å². The van der Waals surface area contributed by atoms with Crippen LogP contribution in [0.3, 0.4) is 0 Å². The monoisotopic (exact) mass is 278 g/mol. The molecule has 1 atom stereocenters. The van der Waals surface area contributed by atoms with Gasteiger partial charge in [0.2, 0.25) is 0 Å². The normalized spacial score (nSPS) is 12.6. The Morgan fingerprint density at radius 2 is 2.00 bits per heavy atom. The Balaban J connectivity index is 2.17. The van der Waals surface area contributed by atoms with Crippen molar-refractivity contribution in [3.05, 3.63) is 57.0 Å². The minimum atomic E-state index is -0.177. The van der Waals surface area contributed by atoms with E-state index in [0.29, 0.717) is 5.56 Å². The number of rotatable bonds is 5. The second-order valence-electron chi connectivity index (χ2n) is 4.65. The van der Waals surface area contributed by atoms with Crippen LogP contribution in [0.5, 0.6) is 0 Å². The number of halogens is 1. The molecule has 19 heavy (non-hydrogen) atoms.